The van der Waals surface area contributed by atoms with Gasteiger partial charge in [0.1, 0.15) is 12.2 Å². The van der Waals surface area contributed by atoms with Crippen LogP contribution in [0.15, 0.2) is 0 Å². The molecule has 0 spiro atoms. The van der Waals surface area contributed by atoms with Crippen molar-refractivity contribution in [2.24, 2.45) is 5.41 Å². The number of carbonyl (C=O) groups excluding carboxylic acids is 2. The number of hydrogen-bond acceptors (Lipinski definition) is 6. The number of nitrogens with zero attached hydrogens (tertiary/aromatic N) is 3. The van der Waals surface area contributed by atoms with Crippen molar-refractivity contribution in [3.8, 4) is 0 Å². The van der Waals surface area contributed by atoms with E-state index in [0.29, 0.717) is 5.06 Å². The predicted octanol–water partition coefficient (Wildman–Crippen LogP) is 0.611. The van der Waals surface area contributed by atoms with Crippen molar-refractivity contribution in [1.29, 1.82) is 0 Å². The van der Waals surface area contributed by atoms with E-state index in [1.54, 1.807) is 20.8 Å². The lowest BCUT2D eigenvalue weighted by atomic mass is 9.78. The molecule has 5 atom stereocenters. The quantitative estimate of drug-likeness (QED) is 0.509. The molecule has 4 amide bonds. The molecule has 3 fully saturated rings. The molecule has 0 aromatic rings. The Morgan fingerprint density at radius 3 is 2.42 bits per heavy atom. The molecule has 3 aliphatic rings. The Bertz CT molecular complexity index is 863. The highest BCUT2D eigenvalue weighted by atomic mass is 32.3. The smallest absolute Gasteiger partial charge is 0.418 e. The number of piperidine rings is 2. The predicted molar refractivity (Wildman–Crippen MR) is 103 cm³/mol. The SMILES string of the molecule is CC(C)(C)C1[C@H](F)[C@@H](NC(=O)[C@@H]2CC[C@@H]3CN2C(=O)N3OS(=O)(=O)O)CCN1C(=O)O. The van der Waals surface area contributed by atoms with Crippen LogP contribution in [0.3, 0.4) is 0 Å². The molecule has 0 aliphatic carbocycles. The topological polar surface area (TPSA) is 157 Å². The number of urea groups is 1. The molecule has 2 bridgehead atoms. The Morgan fingerprint density at radius 1 is 1.23 bits per heavy atom. The maximum absolute atomic E-state index is 15.3. The van der Waals surface area contributed by atoms with Gasteiger partial charge in [-0.1, -0.05) is 20.8 Å². The van der Waals surface area contributed by atoms with E-state index in [4.69, 9.17) is 4.55 Å². The van der Waals surface area contributed by atoms with Gasteiger partial charge in [-0.05, 0) is 24.7 Å². The highest BCUT2D eigenvalue weighted by molar-refractivity contribution is 7.80. The average Bonchev–Trinajstić information content (AvgIpc) is 2.85. The molecule has 0 aromatic carbocycles. The van der Waals surface area contributed by atoms with Gasteiger partial charge in [-0.3, -0.25) is 9.35 Å². The molecule has 0 aromatic heterocycles. The second kappa shape index (κ2) is 8.06. The minimum atomic E-state index is -4.90. The van der Waals surface area contributed by atoms with E-state index in [1.165, 1.54) is 0 Å². The third-order valence-corrected chi connectivity index (χ3v) is 6.31. The molecule has 31 heavy (non-hydrogen) atoms. The van der Waals surface area contributed by atoms with Crippen LogP contribution in [0.1, 0.15) is 40.0 Å². The number of hydrogen-bond donors (Lipinski definition) is 3. The van der Waals surface area contributed by atoms with Crippen LogP contribution in [-0.4, -0.2) is 94.4 Å². The molecule has 3 N–H and O–H groups in total. The molecule has 3 rings (SSSR count). The first-order valence-corrected chi connectivity index (χ1v) is 11.3. The monoisotopic (exact) mass is 466 g/mol. The number of alkyl halides is 1. The summed E-state index contributed by atoms with van der Waals surface area (Å²) in [5.74, 6) is -0.607. The van der Waals surface area contributed by atoms with Crippen molar-refractivity contribution in [2.45, 2.75) is 70.4 Å². The van der Waals surface area contributed by atoms with Gasteiger partial charge < -0.3 is 20.2 Å². The van der Waals surface area contributed by atoms with Gasteiger partial charge in [0.15, 0.2) is 0 Å². The summed E-state index contributed by atoms with van der Waals surface area (Å²) >= 11 is 0. The van der Waals surface area contributed by atoms with Gasteiger partial charge in [-0.2, -0.15) is 13.5 Å². The first-order valence-electron chi connectivity index (χ1n) is 9.91. The first kappa shape index (κ1) is 23.5. The largest absolute Gasteiger partial charge is 0.465 e. The normalized spacial score (nSPS) is 31.7. The van der Waals surface area contributed by atoms with Gasteiger partial charge in [0, 0.05) is 13.1 Å². The Morgan fingerprint density at radius 2 is 1.87 bits per heavy atom. The third kappa shape index (κ3) is 4.70. The van der Waals surface area contributed by atoms with E-state index in [9.17, 15) is 27.9 Å². The molecule has 14 heteroatoms. The van der Waals surface area contributed by atoms with Crippen LogP contribution in [0, 0.1) is 5.41 Å². The zero-order valence-electron chi connectivity index (χ0n) is 17.4. The van der Waals surface area contributed by atoms with E-state index in [2.05, 4.69) is 9.60 Å². The van der Waals surface area contributed by atoms with Crippen molar-refractivity contribution in [3.63, 3.8) is 0 Å². The lowest BCUT2D eigenvalue weighted by Crippen LogP contribution is -2.64. The van der Waals surface area contributed by atoms with E-state index in [1.807, 2.05) is 0 Å². The summed E-state index contributed by atoms with van der Waals surface area (Å²) in [6.07, 6.45) is -2.36. The minimum absolute atomic E-state index is 0.0214. The fraction of sp³-hybridized carbons (Fsp3) is 0.824. The first-order chi connectivity index (χ1) is 14.2. The number of hydroxylamine groups is 2. The van der Waals surface area contributed by atoms with Crippen LogP contribution in [0.4, 0.5) is 14.0 Å². The molecule has 0 saturated carbocycles. The van der Waals surface area contributed by atoms with Crippen LogP contribution < -0.4 is 5.32 Å². The molecule has 1 unspecified atom stereocenters. The molecule has 3 heterocycles. The van der Waals surface area contributed by atoms with Crippen molar-refractivity contribution < 1.29 is 41.1 Å². The number of nitrogens with one attached hydrogen (secondary N) is 1. The minimum Gasteiger partial charge on any atom is -0.465 e. The van der Waals surface area contributed by atoms with E-state index >= 15 is 4.39 Å². The van der Waals surface area contributed by atoms with E-state index in [-0.39, 0.29) is 32.4 Å². The number of halogens is 1. The molecule has 12 nitrogen and oxygen atoms in total. The highest BCUT2D eigenvalue weighted by Gasteiger charge is 2.51. The maximum atomic E-state index is 15.3. The summed E-state index contributed by atoms with van der Waals surface area (Å²) in [7, 11) is -4.90. The van der Waals surface area contributed by atoms with Gasteiger partial charge in [0.05, 0.1) is 18.1 Å². The summed E-state index contributed by atoms with van der Waals surface area (Å²) in [6.45, 7) is 5.23. The van der Waals surface area contributed by atoms with Gasteiger partial charge in [0.25, 0.3) is 0 Å². The maximum Gasteiger partial charge on any atom is 0.418 e. The zero-order valence-corrected chi connectivity index (χ0v) is 18.2. The summed E-state index contributed by atoms with van der Waals surface area (Å²) in [5.41, 5.74) is -0.711. The van der Waals surface area contributed by atoms with E-state index < -0.39 is 64.2 Å². The molecule has 0 radical (unpaired) electrons. The van der Waals surface area contributed by atoms with Gasteiger partial charge >= 0.3 is 22.5 Å². The fourth-order valence-electron chi connectivity index (χ4n) is 4.66. The fourth-order valence-corrected chi connectivity index (χ4v) is 5.05. The lowest BCUT2D eigenvalue weighted by molar-refractivity contribution is -0.128. The molecule has 3 saturated heterocycles. The number of fused-ring (bicyclic) bond motifs is 2. The second-order valence-corrected chi connectivity index (χ2v) is 10.1. The van der Waals surface area contributed by atoms with E-state index in [0.717, 1.165) is 9.80 Å². The van der Waals surface area contributed by atoms with Crippen molar-refractivity contribution in [2.75, 3.05) is 13.1 Å². The van der Waals surface area contributed by atoms with Crippen molar-refractivity contribution in [1.82, 2.24) is 20.2 Å². The number of likely N-dealkylation sites (tertiary alicyclic amines) is 1. The summed E-state index contributed by atoms with van der Waals surface area (Å²) in [6, 6.07) is -4.39. The van der Waals surface area contributed by atoms with Gasteiger partial charge in [0.2, 0.25) is 5.91 Å². The van der Waals surface area contributed by atoms with Crippen LogP contribution >= 0.6 is 0 Å². The average molecular weight is 466 g/mol. The third-order valence-electron chi connectivity index (χ3n) is 5.96. The highest BCUT2D eigenvalue weighted by Crippen LogP contribution is 2.35. The Labute approximate surface area is 179 Å². The zero-order chi connectivity index (χ0) is 23.3. The molecule has 3 aliphatic heterocycles. The van der Waals surface area contributed by atoms with Crippen LogP contribution in [0.2, 0.25) is 0 Å². The Balaban J connectivity index is 1.71. The number of rotatable bonds is 4. The standard InChI is InChI=1S/C17H27FN4O8S/c1-17(2,3)13-12(18)10(6-7-20(13)16(25)26)19-14(23)11-5-4-9-8-21(11)15(24)22(9)30-31(27,28)29/h9-13H,4-8H2,1-3H3,(H,19,23)(H,25,26)(H,27,28,29)/t9-,10+,11+,12-,13?/m1/s1. The molecular formula is C17H27FN4O8S. The lowest BCUT2D eigenvalue weighted by Gasteiger charge is -2.47. The van der Waals surface area contributed by atoms with Crippen LogP contribution in [0.25, 0.3) is 0 Å². The molecule has 176 valence electrons. The number of amides is 4. The number of carboxylic acid groups (broad SMARTS) is 1. The number of carbonyl (C=O) groups is 3. The Kier molecular flexibility index (Phi) is 6.10. The van der Waals surface area contributed by atoms with Gasteiger partial charge in [-0.25, -0.2) is 14.0 Å². The van der Waals surface area contributed by atoms with Crippen molar-refractivity contribution in [3.05, 3.63) is 0 Å². The van der Waals surface area contributed by atoms with Crippen molar-refractivity contribution >= 4 is 28.4 Å². The second-order valence-electron chi connectivity index (χ2n) is 9.14. The Hall–Kier alpha value is -2.19. The van der Waals surface area contributed by atoms with Crippen LogP contribution in [0.5, 0.6) is 0 Å². The van der Waals surface area contributed by atoms with Gasteiger partial charge in [-0.15, -0.1) is 4.28 Å². The summed E-state index contributed by atoms with van der Waals surface area (Å²) in [5, 5.41) is 12.6. The van der Waals surface area contributed by atoms with Crippen LogP contribution in [-0.2, 0) is 19.5 Å². The molecular weight excluding hydrogens is 439 g/mol. The summed E-state index contributed by atoms with van der Waals surface area (Å²) < 4.78 is 50.5. The summed E-state index contributed by atoms with van der Waals surface area (Å²) in [4.78, 5) is 39.0.